The monoisotopic (exact) mass is 268 g/mol. The molecule has 0 aliphatic carbocycles. The van der Waals surface area contributed by atoms with E-state index in [9.17, 15) is 0 Å². The number of rotatable bonds is 2. The molecule has 0 amide bonds. The summed E-state index contributed by atoms with van der Waals surface area (Å²) in [6.45, 7) is 0. The van der Waals surface area contributed by atoms with Crippen molar-refractivity contribution in [3.63, 3.8) is 0 Å². The van der Waals surface area contributed by atoms with Crippen LogP contribution in [-0.2, 0) is 0 Å². The van der Waals surface area contributed by atoms with E-state index in [-0.39, 0.29) is 0 Å². The summed E-state index contributed by atoms with van der Waals surface area (Å²) in [5, 5.41) is 0.783. The predicted octanol–water partition coefficient (Wildman–Crippen LogP) is 2.41. The number of halogens is 1. The normalized spacial score (nSPS) is 10.3. The molecule has 5 heteroatoms. The maximum Gasteiger partial charge on any atom is 0.229 e. The summed E-state index contributed by atoms with van der Waals surface area (Å²) in [4.78, 5) is 8.37. The molecule has 0 spiro atoms. The fraction of sp³-hybridized carbons (Fsp3) is 0.200. The van der Waals surface area contributed by atoms with E-state index in [1.165, 1.54) is 0 Å². The van der Waals surface area contributed by atoms with Crippen molar-refractivity contribution in [1.29, 1.82) is 0 Å². The zero-order chi connectivity index (χ0) is 10.8. The second kappa shape index (κ2) is 4.02. The van der Waals surface area contributed by atoms with Gasteiger partial charge in [0.1, 0.15) is 11.1 Å². The lowest BCUT2D eigenvalue weighted by Gasteiger charge is -2.08. The molecule has 0 bridgehead atoms. The molecule has 1 aromatic carbocycles. The van der Waals surface area contributed by atoms with Crippen molar-refractivity contribution in [2.24, 2.45) is 0 Å². The van der Waals surface area contributed by atoms with Gasteiger partial charge in [0.2, 0.25) is 10.6 Å². The van der Waals surface area contributed by atoms with Gasteiger partial charge in [0.25, 0.3) is 0 Å². The molecule has 1 aromatic heterocycles. The van der Waals surface area contributed by atoms with Gasteiger partial charge in [-0.2, -0.15) is 4.98 Å². The fourth-order valence-corrected chi connectivity index (χ4v) is 1.76. The standard InChI is InChI=1S/C10H9BrN2O2/c1-14-7-5-3-4-6-8(7)9(15-2)13-10(11)12-6/h3-5H,1-2H3. The van der Waals surface area contributed by atoms with E-state index in [1.54, 1.807) is 14.2 Å². The Hall–Kier alpha value is -1.36. The van der Waals surface area contributed by atoms with E-state index in [4.69, 9.17) is 9.47 Å². The zero-order valence-electron chi connectivity index (χ0n) is 8.32. The van der Waals surface area contributed by atoms with Crippen LogP contribution in [0.25, 0.3) is 10.9 Å². The molecule has 0 saturated carbocycles. The van der Waals surface area contributed by atoms with E-state index in [2.05, 4.69) is 25.9 Å². The van der Waals surface area contributed by atoms with Gasteiger partial charge in [-0.15, -0.1) is 0 Å². The highest BCUT2D eigenvalue weighted by molar-refractivity contribution is 9.10. The highest BCUT2D eigenvalue weighted by Crippen LogP contribution is 2.32. The van der Waals surface area contributed by atoms with Crippen LogP contribution in [-0.4, -0.2) is 24.2 Å². The third-order valence-electron chi connectivity index (χ3n) is 2.04. The summed E-state index contributed by atoms with van der Waals surface area (Å²) in [6, 6.07) is 5.61. The van der Waals surface area contributed by atoms with Crippen molar-refractivity contribution < 1.29 is 9.47 Å². The fourth-order valence-electron chi connectivity index (χ4n) is 1.41. The molecular weight excluding hydrogens is 260 g/mol. The number of nitrogens with zero attached hydrogens (tertiary/aromatic N) is 2. The molecule has 0 N–H and O–H groups in total. The SMILES string of the molecule is COc1cccc2nc(Br)nc(OC)c12. The number of fused-ring (bicyclic) bond motifs is 1. The summed E-state index contributed by atoms with van der Waals surface area (Å²) in [5.41, 5.74) is 0.785. The lowest BCUT2D eigenvalue weighted by Crippen LogP contribution is -1.95. The first kappa shape index (κ1) is 10.2. The Labute approximate surface area is 95.4 Å². The summed E-state index contributed by atoms with van der Waals surface area (Å²) < 4.78 is 10.9. The highest BCUT2D eigenvalue weighted by Gasteiger charge is 2.11. The van der Waals surface area contributed by atoms with E-state index in [1.807, 2.05) is 18.2 Å². The van der Waals surface area contributed by atoms with Crippen molar-refractivity contribution in [2.45, 2.75) is 0 Å². The van der Waals surface area contributed by atoms with Crippen LogP contribution in [0.3, 0.4) is 0 Å². The van der Waals surface area contributed by atoms with E-state index in [0.29, 0.717) is 16.4 Å². The van der Waals surface area contributed by atoms with Crippen LogP contribution in [0.5, 0.6) is 11.6 Å². The largest absolute Gasteiger partial charge is 0.496 e. The first-order chi connectivity index (χ1) is 7.26. The first-order valence-electron chi connectivity index (χ1n) is 4.30. The molecule has 0 atom stereocenters. The van der Waals surface area contributed by atoms with Crippen molar-refractivity contribution in [3.8, 4) is 11.6 Å². The van der Waals surface area contributed by atoms with Crippen LogP contribution >= 0.6 is 15.9 Å². The smallest absolute Gasteiger partial charge is 0.229 e. The minimum absolute atomic E-state index is 0.500. The Bertz CT molecular complexity index is 502. The minimum atomic E-state index is 0.500. The van der Waals surface area contributed by atoms with Gasteiger partial charge >= 0.3 is 0 Å². The van der Waals surface area contributed by atoms with Crippen LogP contribution in [0.4, 0.5) is 0 Å². The van der Waals surface area contributed by atoms with Crippen LogP contribution in [0, 0.1) is 0 Å². The molecule has 0 fully saturated rings. The molecule has 1 heterocycles. The molecule has 0 unspecified atom stereocenters. The second-order valence-electron chi connectivity index (χ2n) is 2.86. The molecule has 2 aromatic rings. The average Bonchev–Trinajstić information content (AvgIpc) is 2.26. The number of methoxy groups -OCH3 is 2. The highest BCUT2D eigenvalue weighted by atomic mass is 79.9. The van der Waals surface area contributed by atoms with Gasteiger partial charge in [0.05, 0.1) is 19.7 Å². The summed E-state index contributed by atoms with van der Waals surface area (Å²) >= 11 is 3.23. The Morgan fingerprint density at radius 2 is 1.93 bits per heavy atom. The lowest BCUT2D eigenvalue weighted by atomic mass is 10.2. The van der Waals surface area contributed by atoms with Gasteiger partial charge in [-0.25, -0.2) is 4.98 Å². The van der Waals surface area contributed by atoms with E-state index >= 15 is 0 Å². The molecule has 0 saturated heterocycles. The number of hydrogen-bond donors (Lipinski definition) is 0. The molecule has 2 rings (SSSR count). The summed E-state index contributed by atoms with van der Waals surface area (Å²) in [6.07, 6.45) is 0. The topological polar surface area (TPSA) is 44.2 Å². The average molecular weight is 269 g/mol. The third-order valence-corrected chi connectivity index (χ3v) is 2.39. The minimum Gasteiger partial charge on any atom is -0.496 e. The van der Waals surface area contributed by atoms with Crippen LogP contribution < -0.4 is 9.47 Å². The van der Waals surface area contributed by atoms with Gasteiger partial charge < -0.3 is 9.47 Å². The molecule has 0 aliphatic heterocycles. The van der Waals surface area contributed by atoms with Crippen molar-refractivity contribution in [1.82, 2.24) is 9.97 Å². The third kappa shape index (κ3) is 1.74. The summed E-state index contributed by atoms with van der Waals surface area (Å²) in [7, 11) is 3.18. The Morgan fingerprint density at radius 3 is 2.60 bits per heavy atom. The molecule has 4 nitrogen and oxygen atoms in total. The molecular formula is C10H9BrN2O2. The molecule has 0 radical (unpaired) electrons. The number of aromatic nitrogens is 2. The Morgan fingerprint density at radius 1 is 1.13 bits per heavy atom. The van der Waals surface area contributed by atoms with Crippen LogP contribution in [0.15, 0.2) is 22.9 Å². The van der Waals surface area contributed by atoms with Gasteiger partial charge in [-0.05, 0) is 28.1 Å². The predicted molar refractivity (Wildman–Crippen MR) is 60.3 cm³/mol. The first-order valence-corrected chi connectivity index (χ1v) is 5.10. The maximum atomic E-state index is 5.23. The maximum absolute atomic E-state index is 5.23. The molecule has 15 heavy (non-hydrogen) atoms. The molecule has 0 aliphatic rings. The van der Waals surface area contributed by atoms with Gasteiger partial charge in [-0.1, -0.05) is 6.07 Å². The van der Waals surface area contributed by atoms with Crippen molar-refractivity contribution in [2.75, 3.05) is 14.2 Å². The van der Waals surface area contributed by atoms with E-state index < -0.39 is 0 Å². The second-order valence-corrected chi connectivity index (χ2v) is 3.57. The van der Waals surface area contributed by atoms with Gasteiger partial charge in [0, 0.05) is 0 Å². The van der Waals surface area contributed by atoms with Crippen molar-refractivity contribution in [3.05, 3.63) is 22.9 Å². The Balaban J connectivity index is 2.84. The lowest BCUT2D eigenvalue weighted by molar-refractivity contribution is 0.392. The number of ether oxygens (including phenoxy) is 2. The Kier molecular flexibility index (Phi) is 2.73. The number of hydrogen-bond acceptors (Lipinski definition) is 4. The van der Waals surface area contributed by atoms with Crippen molar-refractivity contribution >= 4 is 26.8 Å². The van der Waals surface area contributed by atoms with E-state index in [0.717, 1.165) is 10.9 Å². The number of benzene rings is 1. The molecule has 78 valence electrons. The van der Waals surface area contributed by atoms with Gasteiger partial charge in [0.15, 0.2) is 0 Å². The van der Waals surface area contributed by atoms with Gasteiger partial charge in [-0.3, -0.25) is 0 Å². The zero-order valence-corrected chi connectivity index (χ0v) is 9.91. The van der Waals surface area contributed by atoms with Crippen LogP contribution in [0.1, 0.15) is 0 Å². The quantitative estimate of drug-likeness (QED) is 0.785. The summed E-state index contributed by atoms with van der Waals surface area (Å²) in [5.74, 6) is 1.21. The van der Waals surface area contributed by atoms with Crippen LogP contribution in [0.2, 0.25) is 0 Å².